The summed E-state index contributed by atoms with van der Waals surface area (Å²) in [6.45, 7) is 4.50. The second kappa shape index (κ2) is 14.9. The summed E-state index contributed by atoms with van der Waals surface area (Å²) in [5.41, 5.74) is 15.4. The average Bonchev–Trinajstić information content (AvgIpc) is 3.99. The number of fused-ring (bicyclic) bond motifs is 8. The fraction of sp³-hybridized carbons (Fsp3) is 0.244. The maximum absolute atomic E-state index is 5.74. The Morgan fingerprint density at radius 3 is 1.76 bits per heavy atom. The number of nitrogens with one attached hydrogen (secondary N) is 2. The van der Waals surface area contributed by atoms with Crippen molar-refractivity contribution in [2.45, 2.75) is 65.2 Å². The molecule has 0 unspecified atom stereocenters. The molecular weight excluding hydrogens is 613 g/mol. The van der Waals surface area contributed by atoms with Crippen LogP contribution in [0.5, 0.6) is 5.75 Å². The standard InChI is InChI=1S/C45H44N4O/c1-5-8-10-11-16-35-37-22-21-36(46-37)34(15-9-6-2)38-23-25-40(47-38)44(31-19-17-30(7-3)18-20-31)41-27-28-43(49-41)45(42-26-24-39(35)48-42)32-13-12-14-33(29-32)50-4/h3,12-14,17-29,47-48H,5-6,8-11,15-16H2,1-2,4H3. The fourth-order valence-corrected chi connectivity index (χ4v) is 7.05. The number of rotatable bonds is 11. The number of terminal acetylenes is 1. The summed E-state index contributed by atoms with van der Waals surface area (Å²) in [5.74, 6) is 3.55. The van der Waals surface area contributed by atoms with Gasteiger partial charge in [0.05, 0.1) is 29.9 Å². The lowest BCUT2D eigenvalue weighted by atomic mass is 10.0. The molecule has 0 fully saturated rings. The molecule has 2 aliphatic rings. The van der Waals surface area contributed by atoms with Gasteiger partial charge in [0.15, 0.2) is 0 Å². The van der Waals surface area contributed by atoms with Gasteiger partial charge >= 0.3 is 0 Å². The molecule has 0 atom stereocenters. The van der Waals surface area contributed by atoms with Crippen molar-refractivity contribution in [2.75, 3.05) is 7.11 Å². The van der Waals surface area contributed by atoms with Crippen molar-refractivity contribution in [2.24, 2.45) is 0 Å². The highest BCUT2D eigenvalue weighted by Crippen LogP contribution is 2.36. The number of H-pyrrole nitrogens is 2. The molecule has 50 heavy (non-hydrogen) atoms. The number of methoxy groups -OCH3 is 1. The van der Waals surface area contributed by atoms with Crippen LogP contribution in [0.25, 0.3) is 68.6 Å². The summed E-state index contributed by atoms with van der Waals surface area (Å²) in [5, 5.41) is 0. The third kappa shape index (κ3) is 6.67. The number of ether oxygens (including phenoxy) is 1. The normalized spacial score (nSPS) is 12.0. The van der Waals surface area contributed by atoms with Crippen molar-refractivity contribution in [3.05, 3.63) is 112 Å². The van der Waals surface area contributed by atoms with E-state index in [0.717, 1.165) is 111 Å². The third-order valence-electron chi connectivity index (χ3n) is 9.73. The molecule has 2 aliphatic heterocycles. The molecule has 250 valence electrons. The van der Waals surface area contributed by atoms with Crippen LogP contribution in [0.4, 0.5) is 0 Å². The first-order chi connectivity index (χ1) is 24.6. The Morgan fingerprint density at radius 2 is 1.16 bits per heavy atom. The lowest BCUT2D eigenvalue weighted by Crippen LogP contribution is -1.94. The van der Waals surface area contributed by atoms with Gasteiger partial charge in [0.1, 0.15) is 5.75 Å². The van der Waals surface area contributed by atoms with Crippen LogP contribution in [-0.2, 0) is 12.8 Å². The summed E-state index contributed by atoms with van der Waals surface area (Å²) in [4.78, 5) is 18.4. The topological polar surface area (TPSA) is 66.6 Å². The van der Waals surface area contributed by atoms with Crippen LogP contribution in [0.3, 0.4) is 0 Å². The van der Waals surface area contributed by atoms with Crippen molar-refractivity contribution in [3.63, 3.8) is 0 Å². The van der Waals surface area contributed by atoms with Gasteiger partial charge in [0.2, 0.25) is 0 Å². The predicted octanol–water partition coefficient (Wildman–Crippen LogP) is 11.4. The molecule has 0 spiro atoms. The van der Waals surface area contributed by atoms with E-state index in [9.17, 15) is 0 Å². The van der Waals surface area contributed by atoms with Gasteiger partial charge in [-0.25, -0.2) is 9.97 Å². The fourth-order valence-electron chi connectivity index (χ4n) is 7.05. The monoisotopic (exact) mass is 656 g/mol. The van der Waals surface area contributed by atoms with Crippen molar-refractivity contribution >= 4 is 46.4 Å². The molecule has 0 aliphatic carbocycles. The van der Waals surface area contributed by atoms with E-state index in [1.807, 2.05) is 24.3 Å². The quantitative estimate of drug-likeness (QED) is 0.108. The average molecular weight is 657 g/mol. The van der Waals surface area contributed by atoms with E-state index >= 15 is 0 Å². The molecule has 8 bridgehead atoms. The van der Waals surface area contributed by atoms with Crippen LogP contribution in [-0.4, -0.2) is 27.0 Å². The van der Waals surface area contributed by atoms with E-state index in [-0.39, 0.29) is 0 Å². The SMILES string of the molecule is C#Cc1ccc(-c2c3nc(c(-c4cccc(OC)c4)c4ccc([nH]4)c(CCCCCC)c4nc(c(CCCC)c5ccc2[nH]5)C=C4)C=C3)cc1. The van der Waals surface area contributed by atoms with Crippen LogP contribution in [0.15, 0.2) is 72.8 Å². The largest absolute Gasteiger partial charge is 0.497 e. The highest BCUT2D eigenvalue weighted by atomic mass is 16.5. The number of hydrogen-bond acceptors (Lipinski definition) is 3. The first kappa shape index (κ1) is 32.9. The van der Waals surface area contributed by atoms with Crippen molar-refractivity contribution in [1.82, 2.24) is 19.9 Å². The molecule has 2 N–H and O–H groups in total. The molecule has 5 heteroatoms. The highest BCUT2D eigenvalue weighted by Gasteiger charge is 2.18. The minimum atomic E-state index is 0.798. The molecule has 0 saturated carbocycles. The number of aromatic nitrogens is 4. The summed E-state index contributed by atoms with van der Waals surface area (Å²) in [7, 11) is 1.71. The lowest BCUT2D eigenvalue weighted by Gasteiger charge is -2.08. The molecular formula is C45H44N4O. The zero-order valence-corrected chi connectivity index (χ0v) is 29.3. The maximum atomic E-state index is 5.74. The molecule has 2 aromatic carbocycles. The van der Waals surface area contributed by atoms with E-state index in [2.05, 4.69) is 103 Å². The van der Waals surface area contributed by atoms with Crippen molar-refractivity contribution in [1.29, 1.82) is 0 Å². The van der Waals surface area contributed by atoms with Gasteiger partial charge in [0, 0.05) is 49.9 Å². The summed E-state index contributed by atoms with van der Waals surface area (Å²) in [6, 6.07) is 25.2. The zero-order chi connectivity index (χ0) is 34.5. The van der Waals surface area contributed by atoms with Crippen LogP contribution in [0, 0.1) is 12.3 Å². The van der Waals surface area contributed by atoms with Gasteiger partial charge in [-0.15, -0.1) is 6.42 Å². The number of hydrogen-bond donors (Lipinski definition) is 2. The van der Waals surface area contributed by atoms with Gasteiger partial charge in [-0.2, -0.15) is 0 Å². The van der Waals surface area contributed by atoms with Gasteiger partial charge < -0.3 is 14.7 Å². The Kier molecular flexibility index (Phi) is 9.80. The Bertz CT molecular complexity index is 2290. The number of aromatic amines is 2. The Balaban J connectivity index is 1.60. The van der Waals surface area contributed by atoms with Crippen LogP contribution in [0.1, 0.15) is 91.8 Å². The van der Waals surface area contributed by atoms with Gasteiger partial charge in [-0.3, -0.25) is 0 Å². The summed E-state index contributed by atoms with van der Waals surface area (Å²) < 4.78 is 5.67. The third-order valence-corrected chi connectivity index (χ3v) is 9.73. The Morgan fingerprint density at radius 1 is 0.600 bits per heavy atom. The first-order valence-electron chi connectivity index (χ1n) is 18.0. The molecule has 5 heterocycles. The molecule has 5 aromatic rings. The summed E-state index contributed by atoms with van der Waals surface area (Å²) in [6.07, 6.45) is 23.2. The van der Waals surface area contributed by atoms with E-state index < -0.39 is 0 Å². The van der Waals surface area contributed by atoms with Gasteiger partial charge in [-0.05, 0) is 110 Å². The number of benzene rings is 2. The van der Waals surface area contributed by atoms with Crippen LogP contribution < -0.4 is 4.74 Å². The van der Waals surface area contributed by atoms with Gasteiger partial charge in [0.25, 0.3) is 0 Å². The minimum absolute atomic E-state index is 0.798. The van der Waals surface area contributed by atoms with Crippen molar-refractivity contribution < 1.29 is 4.74 Å². The predicted molar refractivity (Wildman–Crippen MR) is 211 cm³/mol. The molecule has 7 rings (SSSR count). The van der Waals surface area contributed by atoms with E-state index in [0.29, 0.717) is 0 Å². The molecule has 0 saturated heterocycles. The molecule has 0 radical (unpaired) electrons. The maximum Gasteiger partial charge on any atom is 0.119 e. The second-order valence-corrected chi connectivity index (χ2v) is 13.1. The molecule has 5 nitrogen and oxygen atoms in total. The highest BCUT2D eigenvalue weighted by molar-refractivity contribution is 5.96. The second-order valence-electron chi connectivity index (χ2n) is 13.1. The van der Waals surface area contributed by atoms with E-state index in [4.69, 9.17) is 21.1 Å². The van der Waals surface area contributed by atoms with E-state index in [1.165, 1.54) is 30.4 Å². The Labute approximate surface area is 295 Å². The van der Waals surface area contributed by atoms with Crippen molar-refractivity contribution in [3.8, 4) is 40.3 Å². The zero-order valence-electron chi connectivity index (χ0n) is 29.3. The number of unbranched alkanes of at least 4 members (excludes halogenated alkanes) is 4. The number of aryl methyl sites for hydroxylation is 2. The smallest absolute Gasteiger partial charge is 0.119 e. The minimum Gasteiger partial charge on any atom is -0.497 e. The first-order valence-corrected chi connectivity index (χ1v) is 18.0. The molecule has 0 amide bonds. The van der Waals surface area contributed by atoms with Crippen LogP contribution >= 0.6 is 0 Å². The summed E-state index contributed by atoms with van der Waals surface area (Å²) >= 11 is 0. The molecule has 3 aromatic heterocycles. The van der Waals surface area contributed by atoms with E-state index in [1.54, 1.807) is 7.11 Å². The number of nitrogens with zero attached hydrogens (tertiary/aromatic N) is 2. The van der Waals surface area contributed by atoms with Gasteiger partial charge in [-0.1, -0.05) is 69.7 Å². The Hall–Kier alpha value is -5.60. The van der Waals surface area contributed by atoms with Crippen LogP contribution in [0.2, 0.25) is 0 Å². The lowest BCUT2D eigenvalue weighted by molar-refractivity contribution is 0.415.